The molecule has 6 heteroatoms. The van der Waals surface area contributed by atoms with Crippen LogP contribution in [0.4, 0.5) is 5.69 Å². The monoisotopic (exact) mass is 317 g/mol. The van der Waals surface area contributed by atoms with Gasteiger partial charge >= 0.3 is 0 Å². The van der Waals surface area contributed by atoms with Gasteiger partial charge in [0, 0.05) is 16.8 Å². The van der Waals surface area contributed by atoms with Crippen molar-refractivity contribution in [3.8, 4) is 0 Å². The lowest BCUT2D eigenvalue weighted by Crippen LogP contribution is -2.44. The van der Waals surface area contributed by atoms with Crippen LogP contribution in [0.25, 0.3) is 0 Å². The number of hydrogen-bond donors (Lipinski definition) is 2. The summed E-state index contributed by atoms with van der Waals surface area (Å²) in [6, 6.07) is 7.66. The molecule has 0 aromatic heterocycles. The molecular formula is C14H21Cl2N3O. The zero-order valence-corrected chi connectivity index (χ0v) is 13.1. The maximum Gasteiger partial charge on any atom is 0.238 e. The lowest BCUT2D eigenvalue weighted by Gasteiger charge is -2.31. The molecule has 4 nitrogen and oxygen atoms in total. The molecule has 2 rings (SSSR count). The maximum absolute atomic E-state index is 11.9. The minimum Gasteiger partial charge on any atom is -0.325 e. The van der Waals surface area contributed by atoms with Crippen molar-refractivity contribution in [1.29, 1.82) is 0 Å². The summed E-state index contributed by atoms with van der Waals surface area (Å²) in [6.45, 7) is 2.49. The van der Waals surface area contributed by atoms with E-state index >= 15 is 0 Å². The summed E-state index contributed by atoms with van der Waals surface area (Å²) in [5.41, 5.74) is 0.785. The Morgan fingerprint density at radius 2 is 1.95 bits per heavy atom. The number of likely N-dealkylation sites (N-methyl/N-ethyl adjacent to an activating group) is 1. The lowest BCUT2D eigenvalue weighted by atomic mass is 10.1. The molecule has 0 saturated carbocycles. The number of carbonyl (C=O) groups excluding carboxylic acids is 1. The fraction of sp³-hybridized carbons (Fsp3) is 0.500. The minimum atomic E-state index is 0. The predicted molar refractivity (Wildman–Crippen MR) is 85.9 cm³/mol. The number of benzene rings is 1. The molecule has 0 bridgehead atoms. The zero-order chi connectivity index (χ0) is 13.7. The zero-order valence-electron chi connectivity index (χ0n) is 11.6. The van der Waals surface area contributed by atoms with Gasteiger partial charge in [-0.05, 0) is 57.2 Å². The van der Waals surface area contributed by atoms with E-state index in [4.69, 9.17) is 11.6 Å². The van der Waals surface area contributed by atoms with Gasteiger partial charge in [-0.2, -0.15) is 0 Å². The molecule has 0 atom stereocenters. The maximum atomic E-state index is 11.9. The average Bonchev–Trinajstić information content (AvgIpc) is 2.42. The highest BCUT2D eigenvalue weighted by atomic mass is 35.5. The molecule has 1 fully saturated rings. The standard InChI is InChI=1S/C14H20ClN3O.ClH/c1-18(13-6-8-16-9-7-13)10-14(19)17-12-4-2-11(15)3-5-12;/h2-5,13,16H,6-10H2,1H3,(H,17,19);1H. The molecule has 1 heterocycles. The summed E-state index contributed by atoms with van der Waals surface area (Å²) in [7, 11) is 2.01. The highest BCUT2D eigenvalue weighted by Crippen LogP contribution is 2.14. The number of carbonyl (C=O) groups is 1. The van der Waals surface area contributed by atoms with Gasteiger partial charge in [-0.3, -0.25) is 9.69 Å². The Kier molecular flexibility index (Phi) is 7.30. The van der Waals surface area contributed by atoms with Crippen LogP contribution in [-0.2, 0) is 4.79 Å². The number of hydrogen-bond acceptors (Lipinski definition) is 3. The van der Waals surface area contributed by atoms with Crippen molar-refractivity contribution in [2.45, 2.75) is 18.9 Å². The highest BCUT2D eigenvalue weighted by molar-refractivity contribution is 6.30. The fourth-order valence-electron chi connectivity index (χ4n) is 2.34. The SMILES string of the molecule is CN(CC(=O)Nc1ccc(Cl)cc1)C1CCNCC1.Cl. The summed E-state index contributed by atoms with van der Waals surface area (Å²) in [5, 5.41) is 6.88. The average molecular weight is 318 g/mol. The molecular weight excluding hydrogens is 297 g/mol. The Morgan fingerprint density at radius 3 is 2.55 bits per heavy atom. The fourth-order valence-corrected chi connectivity index (χ4v) is 2.46. The molecule has 1 aliphatic heterocycles. The first kappa shape index (κ1) is 17.2. The van der Waals surface area contributed by atoms with Crippen molar-refractivity contribution < 1.29 is 4.79 Å². The molecule has 2 N–H and O–H groups in total. The van der Waals surface area contributed by atoms with Gasteiger partial charge in [0.15, 0.2) is 0 Å². The molecule has 1 aliphatic rings. The van der Waals surface area contributed by atoms with Crippen molar-refractivity contribution in [3.63, 3.8) is 0 Å². The molecule has 1 aromatic carbocycles. The first-order chi connectivity index (χ1) is 9.15. The normalized spacial score (nSPS) is 15.8. The van der Waals surface area contributed by atoms with Gasteiger partial charge in [0.2, 0.25) is 5.91 Å². The number of halogens is 2. The van der Waals surface area contributed by atoms with Gasteiger partial charge < -0.3 is 10.6 Å². The molecule has 1 amide bonds. The number of anilines is 1. The van der Waals surface area contributed by atoms with Gasteiger partial charge in [-0.15, -0.1) is 12.4 Å². The predicted octanol–water partition coefficient (Wildman–Crippen LogP) is 2.38. The van der Waals surface area contributed by atoms with Crippen LogP contribution in [0.2, 0.25) is 5.02 Å². The van der Waals surface area contributed by atoms with Gasteiger partial charge in [0.25, 0.3) is 0 Å². The third-order valence-corrected chi connectivity index (χ3v) is 3.70. The smallest absolute Gasteiger partial charge is 0.238 e. The van der Waals surface area contributed by atoms with E-state index in [-0.39, 0.29) is 18.3 Å². The number of piperidine rings is 1. The number of amides is 1. The second-order valence-electron chi connectivity index (χ2n) is 4.95. The molecule has 0 aliphatic carbocycles. The molecule has 20 heavy (non-hydrogen) atoms. The Labute approximate surface area is 131 Å². The van der Waals surface area contributed by atoms with Crippen LogP contribution >= 0.6 is 24.0 Å². The van der Waals surface area contributed by atoms with Crippen LogP contribution in [0.5, 0.6) is 0 Å². The summed E-state index contributed by atoms with van der Waals surface area (Å²) in [5.74, 6) is 0.0170. The van der Waals surface area contributed by atoms with Gasteiger partial charge in [0.1, 0.15) is 0 Å². The van der Waals surface area contributed by atoms with Crippen molar-refractivity contribution >= 4 is 35.6 Å². The molecule has 1 aromatic rings. The first-order valence-corrected chi connectivity index (χ1v) is 6.99. The van der Waals surface area contributed by atoms with Crippen LogP contribution in [-0.4, -0.2) is 43.5 Å². The van der Waals surface area contributed by atoms with Gasteiger partial charge in [0.05, 0.1) is 6.54 Å². The summed E-state index contributed by atoms with van der Waals surface area (Å²) < 4.78 is 0. The number of nitrogens with zero attached hydrogens (tertiary/aromatic N) is 1. The van der Waals surface area contributed by atoms with E-state index in [1.807, 2.05) is 19.2 Å². The van der Waals surface area contributed by atoms with E-state index in [1.165, 1.54) is 0 Å². The topological polar surface area (TPSA) is 44.4 Å². The highest BCUT2D eigenvalue weighted by Gasteiger charge is 2.19. The third kappa shape index (κ3) is 5.29. The van der Waals surface area contributed by atoms with E-state index in [9.17, 15) is 4.79 Å². The van der Waals surface area contributed by atoms with Crippen LogP contribution in [0.1, 0.15) is 12.8 Å². The first-order valence-electron chi connectivity index (χ1n) is 6.61. The Morgan fingerprint density at radius 1 is 1.35 bits per heavy atom. The van der Waals surface area contributed by atoms with E-state index in [2.05, 4.69) is 15.5 Å². The second kappa shape index (κ2) is 8.47. The largest absolute Gasteiger partial charge is 0.325 e. The molecule has 1 saturated heterocycles. The second-order valence-corrected chi connectivity index (χ2v) is 5.39. The van der Waals surface area contributed by atoms with Crippen molar-refractivity contribution in [2.75, 3.05) is 32.0 Å². The van der Waals surface area contributed by atoms with E-state index in [0.29, 0.717) is 17.6 Å². The Balaban J connectivity index is 0.00000200. The van der Waals surface area contributed by atoms with E-state index in [0.717, 1.165) is 31.6 Å². The van der Waals surface area contributed by atoms with Gasteiger partial charge in [-0.25, -0.2) is 0 Å². The molecule has 0 radical (unpaired) electrons. The molecule has 0 spiro atoms. The van der Waals surface area contributed by atoms with Crippen LogP contribution < -0.4 is 10.6 Å². The third-order valence-electron chi connectivity index (χ3n) is 3.45. The Hall–Kier alpha value is -0.810. The quantitative estimate of drug-likeness (QED) is 0.896. The number of nitrogens with one attached hydrogen (secondary N) is 2. The van der Waals surface area contributed by atoms with E-state index in [1.54, 1.807) is 12.1 Å². The Bertz CT molecular complexity index is 419. The summed E-state index contributed by atoms with van der Waals surface area (Å²) >= 11 is 5.81. The number of rotatable bonds is 4. The summed E-state index contributed by atoms with van der Waals surface area (Å²) in [6.07, 6.45) is 2.20. The van der Waals surface area contributed by atoms with Crippen LogP contribution in [0.3, 0.4) is 0 Å². The van der Waals surface area contributed by atoms with Gasteiger partial charge in [-0.1, -0.05) is 11.6 Å². The van der Waals surface area contributed by atoms with Crippen molar-refractivity contribution in [1.82, 2.24) is 10.2 Å². The molecule has 112 valence electrons. The lowest BCUT2D eigenvalue weighted by molar-refractivity contribution is -0.117. The molecule has 0 unspecified atom stereocenters. The summed E-state index contributed by atoms with van der Waals surface area (Å²) in [4.78, 5) is 14.1. The van der Waals surface area contributed by atoms with E-state index < -0.39 is 0 Å². The van der Waals surface area contributed by atoms with Crippen molar-refractivity contribution in [2.24, 2.45) is 0 Å². The van der Waals surface area contributed by atoms with Crippen LogP contribution in [0.15, 0.2) is 24.3 Å². The van der Waals surface area contributed by atoms with Crippen molar-refractivity contribution in [3.05, 3.63) is 29.3 Å². The van der Waals surface area contributed by atoms with Crippen LogP contribution in [0, 0.1) is 0 Å². The minimum absolute atomic E-state index is 0.